The second-order valence-corrected chi connectivity index (χ2v) is 8.68. The van der Waals surface area contributed by atoms with Crippen LogP contribution in [0.25, 0.3) is 0 Å². The van der Waals surface area contributed by atoms with Crippen LogP contribution in [0.1, 0.15) is 69.3 Å². The summed E-state index contributed by atoms with van der Waals surface area (Å²) >= 11 is 0. The van der Waals surface area contributed by atoms with E-state index in [0.29, 0.717) is 31.4 Å². The van der Waals surface area contributed by atoms with Gasteiger partial charge in [0.15, 0.2) is 0 Å². The SMILES string of the molecule is CCCN(C)C(=O)C(=O)c1cc(C2(C(=O)O)CCC2)ccc1NC(=O)OC(C)(C)C. The fourth-order valence-corrected chi connectivity index (χ4v) is 3.43. The number of carboxylic acids is 1. The summed E-state index contributed by atoms with van der Waals surface area (Å²) in [7, 11) is 1.53. The maximum atomic E-state index is 13.0. The molecule has 30 heavy (non-hydrogen) atoms. The van der Waals surface area contributed by atoms with Crippen LogP contribution in [0.4, 0.5) is 10.5 Å². The second-order valence-electron chi connectivity index (χ2n) is 8.68. The molecule has 0 spiro atoms. The Kier molecular flexibility index (Phi) is 6.90. The number of nitrogens with zero attached hydrogens (tertiary/aromatic N) is 1. The third kappa shape index (κ3) is 4.98. The molecule has 1 aliphatic rings. The van der Waals surface area contributed by atoms with E-state index in [1.165, 1.54) is 24.1 Å². The molecule has 8 nitrogen and oxygen atoms in total. The molecular formula is C22H30N2O6. The van der Waals surface area contributed by atoms with E-state index in [9.17, 15) is 24.3 Å². The number of carbonyl (C=O) groups is 4. The van der Waals surface area contributed by atoms with Gasteiger partial charge in [-0.25, -0.2) is 4.79 Å². The van der Waals surface area contributed by atoms with E-state index >= 15 is 0 Å². The highest BCUT2D eigenvalue weighted by atomic mass is 16.6. The standard InChI is InChI=1S/C22H30N2O6/c1-6-12-24(5)18(26)17(25)15-13-14(22(19(27)28)10-7-11-22)8-9-16(15)23-20(29)30-21(2,3)4/h8-9,13H,6-7,10-12H2,1-5H3,(H,23,29)(H,27,28). The van der Waals surface area contributed by atoms with Crippen LogP contribution in [0.15, 0.2) is 18.2 Å². The van der Waals surface area contributed by atoms with Crippen LogP contribution in [0.2, 0.25) is 0 Å². The highest BCUT2D eigenvalue weighted by molar-refractivity contribution is 6.44. The Hall–Kier alpha value is -2.90. The van der Waals surface area contributed by atoms with Crippen molar-refractivity contribution in [1.82, 2.24) is 4.90 Å². The highest BCUT2D eigenvalue weighted by Gasteiger charge is 2.46. The van der Waals surface area contributed by atoms with E-state index in [2.05, 4.69) is 5.32 Å². The summed E-state index contributed by atoms with van der Waals surface area (Å²) in [6.07, 6.45) is 1.60. The van der Waals surface area contributed by atoms with Gasteiger partial charge in [0, 0.05) is 13.6 Å². The summed E-state index contributed by atoms with van der Waals surface area (Å²) in [5.74, 6) is -2.49. The summed E-state index contributed by atoms with van der Waals surface area (Å²) < 4.78 is 5.24. The van der Waals surface area contributed by atoms with Gasteiger partial charge in [-0.3, -0.25) is 19.7 Å². The Morgan fingerprint density at radius 1 is 1.20 bits per heavy atom. The number of carbonyl (C=O) groups excluding carboxylic acids is 3. The summed E-state index contributed by atoms with van der Waals surface area (Å²) in [5, 5.41) is 12.2. The smallest absolute Gasteiger partial charge is 0.412 e. The van der Waals surface area contributed by atoms with E-state index < -0.39 is 34.8 Å². The minimum atomic E-state index is -1.07. The number of aliphatic carboxylic acids is 1. The maximum Gasteiger partial charge on any atom is 0.412 e. The first-order valence-corrected chi connectivity index (χ1v) is 10.1. The van der Waals surface area contributed by atoms with Crippen molar-refractivity contribution in [3.05, 3.63) is 29.3 Å². The Bertz CT molecular complexity index is 852. The number of Topliss-reactive ketones (excluding diaryl/α,β-unsaturated/α-hetero) is 1. The third-order valence-corrected chi connectivity index (χ3v) is 5.17. The van der Waals surface area contributed by atoms with Crippen molar-refractivity contribution in [1.29, 1.82) is 0 Å². The molecule has 0 radical (unpaired) electrons. The molecule has 2 rings (SSSR count). The average molecular weight is 418 g/mol. The Labute approximate surface area is 176 Å². The molecule has 0 bridgehead atoms. The van der Waals surface area contributed by atoms with Crippen LogP contribution >= 0.6 is 0 Å². The molecule has 0 aliphatic heterocycles. The van der Waals surface area contributed by atoms with Crippen LogP contribution in [0.5, 0.6) is 0 Å². The number of carboxylic acid groups (broad SMARTS) is 1. The topological polar surface area (TPSA) is 113 Å². The first kappa shape index (κ1) is 23.4. The molecule has 1 aromatic carbocycles. The predicted octanol–water partition coefficient (Wildman–Crippen LogP) is 3.59. The number of anilines is 1. The first-order chi connectivity index (χ1) is 13.9. The molecule has 0 unspecified atom stereocenters. The fourth-order valence-electron chi connectivity index (χ4n) is 3.43. The van der Waals surface area contributed by atoms with Crippen molar-refractivity contribution in [3.8, 4) is 0 Å². The van der Waals surface area contributed by atoms with Crippen molar-refractivity contribution in [2.45, 2.75) is 64.4 Å². The monoisotopic (exact) mass is 418 g/mol. The number of ether oxygens (including phenoxy) is 1. The van der Waals surface area contributed by atoms with Crippen LogP contribution in [-0.2, 0) is 19.7 Å². The quantitative estimate of drug-likeness (QED) is 0.517. The fraction of sp³-hybridized carbons (Fsp3) is 0.545. The number of nitrogens with one attached hydrogen (secondary N) is 1. The van der Waals surface area contributed by atoms with Crippen molar-refractivity contribution in [2.24, 2.45) is 0 Å². The molecule has 2 N–H and O–H groups in total. The second kappa shape index (κ2) is 8.85. The van der Waals surface area contributed by atoms with Gasteiger partial charge >= 0.3 is 12.1 Å². The molecule has 164 valence electrons. The van der Waals surface area contributed by atoms with Gasteiger partial charge in [0.1, 0.15) is 5.60 Å². The van der Waals surface area contributed by atoms with Gasteiger partial charge in [0.05, 0.1) is 16.7 Å². The molecule has 0 heterocycles. The van der Waals surface area contributed by atoms with E-state index in [0.717, 1.165) is 6.42 Å². The Balaban J connectivity index is 2.46. The zero-order valence-electron chi connectivity index (χ0n) is 18.2. The van der Waals surface area contributed by atoms with E-state index in [1.807, 2.05) is 6.92 Å². The Morgan fingerprint density at radius 2 is 1.83 bits per heavy atom. The van der Waals surface area contributed by atoms with Crippen LogP contribution < -0.4 is 5.32 Å². The van der Waals surface area contributed by atoms with E-state index in [4.69, 9.17) is 4.74 Å². The van der Waals surface area contributed by atoms with Gasteiger partial charge in [-0.2, -0.15) is 0 Å². The van der Waals surface area contributed by atoms with Crippen LogP contribution in [0.3, 0.4) is 0 Å². The van der Waals surface area contributed by atoms with Gasteiger partial charge < -0.3 is 14.7 Å². The van der Waals surface area contributed by atoms with Gasteiger partial charge in [-0.1, -0.05) is 19.4 Å². The highest BCUT2D eigenvalue weighted by Crippen LogP contribution is 2.44. The number of hydrogen-bond acceptors (Lipinski definition) is 5. The summed E-state index contributed by atoms with van der Waals surface area (Å²) in [6, 6.07) is 4.46. The minimum absolute atomic E-state index is 0.0427. The minimum Gasteiger partial charge on any atom is -0.481 e. The largest absolute Gasteiger partial charge is 0.481 e. The molecule has 0 saturated heterocycles. The summed E-state index contributed by atoms with van der Waals surface area (Å²) in [5.41, 5.74) is -1.30. The number of amides is 2. The Morgan fingerprint density at radius 3 is 2.30 bits per heavy atom. The zero-order valence-corrected chi connectivity index (χ0v) is 18.2. The van der Waals surface area contributed by atoms with Crippen molar-refractivity contribution in [2.75, 3.05) is 18.9 Å². The average Bonchev–Trinajstić information content (AvgIpc) is 2.58. The molecule has 8 heteroatoms. The lowest BCUT2D eigenvalue weighted by Crippen LogP contribution is -2.42. The van der Waals surface area contributed by atoms with Gasteiger partial charge in [-0.05, 0) is 57.7 Å². The molecule has 1 aliphatic carbocycles. The predicted molar refractivity (Wildman–Crippen MR) is 112 cm³/mol. The molecule has 1 fully saturated rings. The first-order valence-electron chi connectivity index (χ1n) is 10.1. The number of hydrogen-bond donors (Lipinski definition) is 2. The lowest BCUT2D eigenvalue weighted by atomic mass is 9.64. The lowest BCUT2D eigenvalue weighted by Gasteiger charge is -2.38. The number of likely N-dealkylation sites (N-methyl/N-ethyl adjacent to an activating group) is 1. The normalized spacial score (nSPS) is 15.0. The maximum absolute atomic E-state index is 13.0. The van der Waals surface area contributed by atoms with Crippen molar-refractivity contribution >= 4 is 29.4 Å². The van der Waals surface area contributed by atoms with Gasteiger partial charge in [-0.15, -0.1) is 0 Å². The molecule has 0 aromatic heterocycles. The van der Waals surface area contributed by atoms with E-state index in [-0.39, 0.29) is 11.3 Å². The number of ketones is 1. The van der Waals surface area contributed by atoms with E-state index in [1.54, 1.807) is 26.8 Å². The third-order valence-electron chi connectivity index (χ3n) is 5.17. The van der Waals surface area contributed by atoms with Gasteiger partial charge in [0.25, 0.3) is 11.7 Å². The molecule has 2 amide bonds. The zero-order chi connectivity index (χ0) is 22.7. The summed E-state index contributed by atoms with van der Waals surface area (Å²) in [4.78, 5) is 51.0. The molecule has 0 atom stereocenters. The van der Waals surface area contributed by atoms with Crippen LogP contribution in [0, 0.1) is 0 Å². The van der Waals surface area contributed by atoms with Crippen LogP contribution in [-0.4, -0.2) is 53.0 Å². The summed E-state index contributed by atoms with van der Waals surface area (Å²) in [6.45, 7) is 7.41. The van der Waals surface area contributed by atoms with Crippen molar-refractivity contribution < 1.29 is 29.0 Å². The van der Waals surface area contributed by atoms with Gasteiger partial charge in [0.2, 0.25) is 0 Å². The lowest BCUT2D eigenvalue weighted by molar-refractivity contribution is -0.147. The van der Waals surface area contributed by atoms with Crippen molar-refractivity contribution in [3.63, 3.8) is 0 Å². The molecule has 1 aromatic rings. The number of rotatable bonds is 7. The molecule has 1 saturated carbocycles. The molecular weight excluding hydrogens is 388 g/mol. The number of benzene rings is 1.